The Balaban J connectivity index is 1.93. The molecule has 0 radical (unpaired) electrons. The van der Waals surface area contributed by atoms with Crippen LogP contribution in [0.5, 0.6) is 0 Å². The molecule has 0 aromatic carbocycles. The van der Waals surface area contributed by atoms with E-state index in [1.807, 2.05) is 38.2 Å². The van der Waals surface area contributed by atoms with Crippen LogP contribution in [-0.4, -0.2) is 41.9 Å². The van der Waals surface area contributed by atoms with Gasteiger partial charge in [-0.15, -0.1) is 11.3 Å². The molecule has 0 bridgehead atoms. The molecule has 7 heteroatoms. The van der Waals surface area contributed by atoms with Crippen LogP contribution >= 0.6 is 11.3 Å². The molecule has 2 aromatic rings. The number of halogens is 3. The molecule has 1 aliphatic heterocycles. The number of nitrogens with zero attached hydrogens (tertiary/aromatic N) is 2. The van der Waals surface area contributed by atoms with Crippen LogP contribution in [0, 0.1) is 19.3 Å². The molecule has 0 amide bonds. The fourth-order valence-corrected chi connectivity index (χ4v) is 5.93. The van der Waals surface area contributed by atoms with E-state index in [-0.39, 0.29) is 12.1 Å². The maximum absolute atomic E-state index is 14.3. The van der Waals surface area contributed by atoms with Gasteiger partial charge in [0.25, 0.3) is 0 Å². The number of aryl methyl sites for hydroxylation is 3. The van der Waals surface area contributed by atoms with E-state index in [0.717, 1.165) is 22.6 Å². The van der Waals surface area contributed by atoms with Gasteiger partial charge in [0.05, 0.1) is 0 Å². The minimum atomic E-state index is -4.40. The second-order valence-electron chi connectivity index (χ2n) is 9.24. The van der Waals surface area contributed by atoms with E-state index < -0.39 is 17.7 Å². The summed E-state index contributed by atoms with van der Waals surface area (Å²) in [7, 11) is 0. The van der Waals surface area contributed by atoms with Gasteiger partial charge in [0.15, 0.2) is 6.10 Å². The van der Waals surface area contributed by atoms with E-state index in [1.165, 1.54) is 4.88 Å². The van der Waals surface area contributed by atoms with Crippen molar-refractivity contribution in [2.45, 2.75) is 78.1 Å². The number of likely N-dealkylation sites (tertiary alicyclic amines) is 1. The summed E-state index contributed by atoms with van der Waals surface area (Å²) in [5.74, 6) is 0. The highest BCUT2D eigenvalue weighted by Crippen LogP contribution is 2.49. The first-order valence-electron chi connectivity index (χ1n) is 11.5. The smallest absolute Gasteiger partial charge is 0.368 e. The zero-order valence-corrected chi connectivity index (χ0v) is 20.6. The third-order valence-electron chi connectivity index (χ3n) is 7.16. The van der Waals surface area contributed by atoms with Crippen molar-refractivity contribution in [1.29, 1.82) is 0 Å². The quantitative estimate of drug-likeness (QED) is 0.411. The lowest BCUT2D eigenvalue weighted by atomic mass is 9.76. The molecule has 1 aliphatic rings. The molecule has 3 atom stereocenters. The van der Waals surface area contributed by atoms with Gasteiger partial charge in [0.1, 0.15) is 0 Å². The van der Waals surface area contributed by atoms with Gasteiger partial charge in [-0.25, -0.2) is 0 Å². The van der Waals surface area contributed by atoms with Gasteiger partial charge in [0, 0.05) is 45.8 Å². The van der Waals surface area contributed by atoms with Gasteiger partial charge in [0.2, 0.25) is 0 Å². The summed E-state index contributed by atoms with van der Waals surface area (Å²) < 4.78 is 48.2. The van der Waals surface area contributed by atoms with Crippen molar-refractivity contribution in [2.75, 3.05) is 19.7 Å². The number of alkyl halides is 3. The Morgan fingerprint density at radius 2 is 1.94 bits per heavy atom. The highest BCUT2D eigenvalue weighted by molar-refractivity contribution is 7.11. The van der Waals surface area contributed by atoms with Crippen LogP contribution in [0.25, 0.3) is 0 Å². The first-order valence-corrected chi connectivity index (χ1v) is 12.3. The zero-order chi connectivity index (χ0) is 23.6. The van der Waals surface area contributed by atoms with Crippen molar-refractivity contribution >= 4 is 11.3 Å². The summed E-state index contributed by atoms with van der Waals surface area (Å²) >= 11 is 1.67. The largest absolute Gasteiger partial charge is 0.415 e. The molecule has 32 heavy (non-hydrogen) atoms. The lowest BCUT2D eigenvalue weighted by Gasteiger charge is -2.42. The summed E-state index contributed by atoms with van der Waals surface area (Å²) in [4.78, 5) is 9.01. The first-order chi connectivity index (χ1) is 15.0. The average molecular weight is 469 g/mol. The van der Waals surface area contributed by atoms with E-state index in [2.05, 4.69) is 29.8 Å². The van der Waals surface area contributed by atoms with Gasteiger partial charge in [-0.1, -0.05) is 13.0 Å². The van der Waals surface area contributed by atoms with Crippen molar-refractivity contribution in [3.8, 4) is 0 Å². The zero-order valence-electron chi connectivity index (χ0n) is 19.8. The van der Waals surface area contributed by atoms with Crippen LogP contribution in [0.3, 0.4) is 0 Å². The lowest BCUT2D eigenvalue weighted by Crippen LogP contribution is -2.51. The first kappa shape index (κ1) is 25.2. The predicted molar refractivity (Wildman–Crippen MR) is 124 cm³/mol. The normalized spacial score (nSPS) is 22.8. The molecular weight excluding hydrogens is 433 g/mol. The molecular formula is C25H35F3N2OS. The third-order valence-corrected chi connectivity index (χ3v) is 8.22. The van der Waals surface area contributed by atoms with Crippen LogP contribution in [0.4, 0.5) is 13.2 Å². The van der Waals surface area contributed by atoms with Crippen molar-refractivity contribution in [3.63, 3.8) is 0 Å². The maximum Gasteiger partial charge on any atom is 0.415 e. The molecule has 0 saturated carbocycles. The maximum atomic E-state index is 14.3. The second-order valence-corrected chi connectivity index (χ2v) is 10.6. The van der Waals surface area contributed by atoms with Gasteiger partial charge >= 0.3 is 6.18 Å². The van der Waals surface area contributed by atoms with E-state index >= 15 is 0 Å². The van der Waals surface area contributed by atoms with Crippen LogP contribution in [0.1, 0.15) is 61.0 Å². The highest BCUT2D eigenvalue weighted by Gasteiger charge is 2.58. The fraction of sp³-hybridized carbons (Fsp3) is 0.640. The Hall–Kier alpha value is -1.44. The summed E-state index contributed by atoms with van der Waals surface area (Å²) in [5, 5.41) is 0. The van der Waals surface area contributed by atoms with Crippen LogP contribution in [0.15, 0.2) is 30.5 Å². The topological polar surface area (TPSA) is 25.4 Å². The molecule has 0 N–H and O–H groups in total. The molecule has 1 fully saturated rings. The molecule has 2 aromatic heterocycles. The summed E-state index contributed by atoms with van der Waals surface area (Å²) in [6, 6.07) is 8.11. The SMILES string of the molecule is CCOC(C(F)(F)F)C1(CCc2ccc(C)s2)CCN(C(C)(CC)c2ccc(C)nc2)C1. The summed E-state index contributed by atoms with van der Waals surface area (Å²) in [6.07, 6.45) is -1.92. The van der Waals surface area contributed by atoms with Gasteiger partial charge < -0.3 is 4.74 Å². The van der Waals surface area contributed by atoms with Crippen molar-refractivity contribution in [1.82, 2.24) is 9.88 Å². The number of pyridine rings is 1. The molecule has 3 nitrogen and oxygen atoms in total. The lowest BCUT2D eigenvalue weighted by molar-refractivity contribution is -0.255. The Morgan fingerprint density at radius 1 is 1.19 bits per heavy atom. The predicted octanol–water partition coefficient (Wildman–Crippen LogP) is 6.68. The van der Waals surface area contributed by atoms with E-state index in [1.54, 1.807) is 18.3 Å². The Kier molecular flexibility index (Phi) is 7.73. The number of hydrogen-bond donors (Lipinski definition) is 0. The number of ether oxygens (including phenoxy) is 1. The van der Waals surface area contributed by atoms with Gasteiger partial charge in [-0.2, -0.15) is 13.2 Å². The number of aromatic nitrogens is 1. The molecule has 3 rings (SSSR count). The van der Waals surface area contributed by atoms with Crippen molar-refractivity contribution < 1.29 is 17.9 Å². The highest BCUT2D eigenvalue weighted by atomic mass is 32.1. The van der Waals surface area contributed by atoms with Gasteiger partial charge in [-0.3, -0.25) is 9.88 Å². The molecule has 0 spiro atoms. The Morgan fingerprint density at radius 3 is 2.47 bits per heavy atom. The molecule has 1 saturated heterocycles. The van der Waals surface area contributed by atoms with E-state index in [9.17, 15) is 13.2 Å². The molecule has 178 valence electrons. The summed E-state index contributed by atoms with van der Waals surface area (Å²) in [5.41, 5.74) is 0.642. The molecule has 3 heterocycles. The van der Waals surface area contributed by atoms with Crippen LogP contribution in [-0.2, 0) is 16.7 Å². The molecule has 0 aliphatic carbocycles. The summed E-state index contributed by atoms with van der Waals surface area (Å²) in [6.45, 7) is 10.9. The minimum absolute atomic E-state index is 0.0525. The monoisotopic (exact) mass is 468 g/mol. The van der Waals surface area contributed by atoms with Crippen molar-refractivity contribution in [2.24, 2.45) is 5.41 Å². The second kappa shape index (κ2) is 9.82. The van der Waals surface area contributed by atoms with Crippen LogP contribution < -0.4 is 0 Å². The third kappa shape index (κ3) is 5.20. The Labute approximate surface area is 194 Å². The minimum Gasteiger partial charge on any atom is -0.368 e. The number of rotatable bonds is 9. The van der Waals surface area contributed by atoms with Crippen molar-refractivity contribution in [3.05, 3.63) is 51.5 Å². The average Bonchev–Trinajstić information content (AvgIpc) is 3.37. The molecule has 3 unspecified atom stereocenters. The van der Waals surface area contributed by atoms with E-state index in [0.29, 0.717) is 32.4 Å². The number of hydrogen-bond acceptors (Lipinski definition) is 4. The van der Waals surface area contributed by atoms with E-state index in [4.69, 9.17) is 4.74 Å². The fourth-order valence-electron chi connectivity index (χ4n) is 5.04. The number of thiophene rings is 1. The standard InChI is InChI=1S/C25H35F3N2OS/c1-6-23(5,20-10-8-18(3)29-16-20)30-15-14-24(17-30,22(31-7-2)25(26,27)28)13-12-21-11-9-19(4)32-21/h8-11,16,22H,6-7,12-15,17H2,1-5H3. The Bertz CT molecular complexity index is 882. The van der Waals surface area contributed by atoms with Gasteiger partial charge in [-0.05, 0) is 83.7 Å². The van der Waals surface area contributed by atoms with Crippen LogP contribution in [0.2, 0.25) is 0 Å².